The normalized spacial score (nSPS) is 20.1. The summed E-state index contributed by atoms with van der Waals surface area (Å²) in [7, 11) is 0. The van der Waals surface area contributed by atoms with Crippen LogP contribution in [-0.2, 0) is 9.59 Å². The van der Waals surface area contributed by atoms with Crippen molar-refractivity contribution in [1.82, 2.24) is 0 Å². The highest BCUT2D eigenvalue weighted by molar-refractivity contribution is 6.00. The van der Waals surface area contributed by atoms with E-state index in [2.05, 4.69) is 0 Å². The lowest BCUT2D eigenvalue weighted by molar-refractivity contribution is -0.129. The Bertz CT molecular complexity index is 157. The van der Waals surface area contributed by atoms with Crippen LogP contribution in [0.2, 0.25) is 0 Å². The molecule has 1 rings (SSSR count). The van der Waals surface area contributed by atoms with Crippen molar-refractivity contribution in [2.75, 3.05) is 0 Å². The molecule has 0 aromatic rings. The van der Waals surface area contributed by atoms with Gasteiger partial charge < -0.3 is 4.79 Å². The number of Topliss-reactive ketones (excluding diaryl/α,β-unsaturated/α-hetero) is 1. The van der Waals surface area contributed by atoms with Crippen LogP contribution >= 0.6 is 0 Å². The van der Waals surface area contributed by atoms with Gasteiger partial charge in [-0.05, 0) is 19.3 Å². The SMILES string of the molecule is CCCC(=O)C1(C=O)CC1. The van der Waals surface area contributed by atoms with Crippen LogP contribution in [0.4, 0.5) is 0 Å². The highest BCUT2D eigenvalue weighted by Crippen LogP contribution is 2.45. The van der Waals surface area contributed by atoms with Gasteiger partial charge in [0.2, 0.25) is 0 Å². The number of hydrogen-bond acceptors (Lipinski definition) is 2. The van der Waals surface area contributed by atoms with Crippen molar-refractivity contribution in [2.45, 2.75) is 32.6 Å². The lowest BCUT2D eigenvalue weighted by Crippen LogP contribution is -2.16. The third kappa shape index (κ3) is 1.11. The molecular formula is C8H12O2. The summed E-state index contributed by atoms with van der Waals surface area (Å²) in [5.74, 6) is 0.144. The predicted molar refractivity (Wildman–Crippen MR) is 37.6 cm³/mol. The number of carbonyl (C=O) groups is 2. The molecule has 10 heavy (non-hydrogen) atoms. The van der Waals surface area contributed by atoms with E-state index in [-0.39, 0.29) is 5.78 Å². The number of aldehydes is 1. The molecule has 1 aliphatic rings. The predicted octanol–water partition coefficient (Wildman–Crippen LogP) is 1.33. The van der Waals surface area contributed by atoms with Gasteiger partial charge in [0.25, 0.3) is 0 Å². The Morgan fingerprint density at radius 1 is 1.60 bits per heavy atom. The summed E-state index contributed by atoms with van der Waals surface area (Å²) >= 11 is 0. The van der Waals surface area contributed by atoms with E-state index >= 15 is 0 Å². The first-order valence-electron chi connectivity index (χ1n) is 3.75. The largest absolute Gasteiger partial charge is 0.302 e. The molecule has 2 nitrogen and oxygen atoms in total. The van der Waals surface area contributed by atoms with E-state index in [9.17, 15) is 9.59 Å². The van der Waals surface area contributed by atoms with Gasteiger partial charge in [0.1, 0.15) is 12.1 Å². The van der Waals surface area contributed by atoms with Crippen LogP contribution in [0.3, 0.4) is 0 Å². The Hall–Kier alpha value is -0.660. The summed E-state index contributed by atoms with van der Waals surface area (Å²) < 4.78 is 0. The monoisotopic (exact) mass is 140 g/mol. The van der Waals surface area contributed by atoms with Crippen LogP contribution in [0.15, 0.2) is 0 Å². The minimum absolute atomic E-state index is 0.144. The minimum Gasteiger partial charge on any atom is -0.302 e. The highest BCUT2D eigenvalue weighted by atomic mass is 16.1. The fourth-order valence-electron chi connectivity index (χ4n) is 1.07. The Labute approximate surface area is 60.6 Å². The summed E-state index contributed by atoms with van der Waals surface area (Å²) in [6.45, 7) is 1.96. The Balaban J connectivity index is 2.47. The van der Waals surface area contributed by atoms with Crippen LogP contribution in [-0.4, -0.2) is 12.1 Å². The molecule has 0 radical (unpaired) electrons. The minimum atomic E-state index is -0.518. The van der Waals surface area contributed by atoms with Crippen molar-refractivity contribution in [3.05, 3.63) is 0 Å². The maximum absolute atomic E-state index is 11.1. The lowest BCUT2D eigenvalue weighted by Gasteiger charge is -2.01. The average Bonchev–Trinajstić information content (AvgIpc) is 2.68. The van der Waals surface area contributed by atoms with Crippen molar-refractivity contribution < 1.29 is 9.59 Å². The van der Waals surface area contributed by atoms with Crippen molar-refractivity contribution in [2.24, 2.45) is 5.41 Å². The average molecular weight is 140 g/mol. The summed E-state index contributed by atoms with van der Waals surface area (Å²) in [5, 5.41) is 0. The smallest absolute Gasteiger partial charge is 0.146 e. The van der Waals surface area contributed by atoms with E-state index in [1.165, 1.54) is 0 Å². The van der Waals surface area contributed by atoms with Gasteiger partial charge in [-0.25, -0.2) is 0 Å². The highest BCUT2D eigenvalue weighted by Gasteiger charge is 2.48. The number of rotatable bonds is 4. The van der Waals surface area contributed by atoms with Gasteiger partial charge in [0, 0.05) is 6.42 Å². The first-order chi connectivity index (χ1) is 4.75. The van der Waals surface area contributed by atoms with Crippen LogP contribution in [0.25, 0.3) is 0 Å². The second kappa shape index (κ2) is 2.52. The molecule has 0 spiro atoms. The summed E-state index contributed by atoms with van der Waals surface area (Å²) in [6.07, 6.45) is 3.82. The molecule has 1 saturated carbocycles. The maximum atomic E-state index is 11.1. The van der Waals surface area contributed by atoms with Gasteiger partial charge in [-0.1, -0.05) is 6.92 Å². The van der Waals surface area contributed by atoms with E-state index in [1.54, 1.807) is 0 Å². The molecule has 0 unspecified atom stereocenters. The van der Waals surface area contributed by atoms with Crippen molar-refractivity contribution in [1.29, 1.82) is 0 Å². The topological polar surface area (TPSA) is 34.1 Å². The van der Waals surface area contributed by atoms with Gasteiger partial charge in [-0.2, -0.15) is 0 Å². The molecular weight excluding hydrogens is 128 g/mol. The molecule has 1 fully saturated rings. The number of ketones is 1. The van der Waals surface area contributed by atoms with Crippen molar-refractivity contribution >= 4 is 12.1 Å². The second-order valence-electron chi connectivity index (χ2n) is 2.95. The zero-order valence-electron chi connectivity index (χ0n) is 6.22. The molecule has 0 heterocycles. The number of hydrogen-bond donors (Lipinski definition) is 0. The molecule has 56 valence electrons. The van der Waals surface area contributed by atoms with Gasteiger partial charge in [-0.15, -0.1) is 0 Å². The van der Waals surface area contributed by atoms with E-state index in [0.717, 1.165) is 25.5 Å². The lowest BCUT2D eigenvalue weighted by atomic mass is 10.00. The summed E-state index contributed by atoms with van der Waals surface area (Å²) in [6, 6.07) is 0. The van der Waals surface area contributed by atoms with Crippen molar-refractivity contribution in [3.63, 3.8) is 0 Å². The van der Waals surface area contributed by atoms with Crippen LogP contribution in [0, 0.1) is 5.41 Å². The molecule has 0 bridgehead atoms. The molecule has 0 aromatic carbocycles. The van der Waals surface area contributed by atoms with Crippen LogP contribution in [0.5, 0.6) is 0 Å². The zero-order chi connectivity index (χ0) is 7.61. The van der Waals surface area contributed by atoms with Gasteiger partial charge >= 0.3 is 0 Å². The summed E-state index contributed by atoms with van der Waals surface area (Å²) in [4.78, 5) is 21.5. The molecule has 0 amide bonds. The Kier molecular flexibility index (Phi) is 1.88. The first kappa shape index (κ1) is 7.45. The standard InChI is InChI=1S/C8H12O2/c1-2-3-7(10)8(6-9)4-5-8/h6H,2-5H2,1H3. The van der Waals surface area contributed by atoms with Crippen molar-refractivity contribution in [3.8, 4) is 0 Å². The second-order valence-corrected chi connectivity index (χ2v) is 2.95. The molecule has 0 atom stereocenters. The van der Waals surface area contributed by atoms with E-state index in [0.29, 0.717) is 6.42 Å². The van der Waals surface area contributed by atoms with Gasteiger partial charge in [-0.3, -0.25) is 4.79 Å². The summed E-state index contributed by atoms with van der Waals surface area (Å²) in [5.41, 5.74) is -0.518. The van der Waals surface area contributed by atoms with Gasteiger partial charge in [0.05, 0.1) is 5.41 Å². The van der Waals surface area contributed by atoms with Gasteiger partial charge in [0.15, 0.2) is 0 Å². The fraction of sp³-hybridized carbons (Fsp3) is 0.750. The molecule has 1 aliphatic carbocycles. The molecule has 0 aromatic heterocycles. The molecule has 0 aliphatic heterocycles. The Morgan fingerprint density at radius 3 is 2.50 bits per heavy atom. The van der Waals surface area contributed by atoms with Crippen LogP contribution in [0.1, 0.15) is 32.6 Å². The van der Waals surface area contributed by atoms with E-state index in [1.807, 2.05) is 6.92 Å². The first-order valence-corrected chi connectivity index (χ1v) is 3.75. The third-order valence-corrected chi connectivity index (χ3v) is 2.05. The third-order valence-electron chi connectivity index (χ3n) is 2.05. The van der Waals surface area contributed by atoms with E-state index in [4.69, 9.17) is 0 Å². The quantitative estimate of drug-likeness (QED) is 0.436. The molecule has 2 heteroatoms. The fourth-order valence-corrected chi connectivity index (χ4v) is 1.07. The van der Waals surface area contributed by atoms with E-state index < -0.39 is 5.41 Å². The molecule has 0 saturated heterocycles. The Morgan fingerprint density at radius 2 is 2.20 bits per heavy atom. The zero-order valence-corrected chi connectivity index (χ0v) is 6.22. The maximum Gasteiger partial charge on any atom is 0.146 e. The molecule has 0 N–H and O–H groups in total. The van der Waals surface area contributed by atoms with Crippen LogP contribution < -0.4 is 0 Å². The number of carbonyl (C=O) groups excluding carboxylic acids is 2.